The molecule has 3 N–H and O–H groups in total. The van der Waals surface area contributed by atoms with Crippen molar-refractivity contribution in [2.24, 2.45) is 11.3 Å². The van der Waals surface area contributed by atoms with Crippen molar-refractivity contribution >= 4 is 39.9 Å². The molecule has 0 radical (unpaired) electrons. The van der Waals surface area contributed by atoms with E-state index < -0.39 is 17.1 Å². The second-order valence-electron chi connectivity index (χ2n) is 10.3. The molecule has 2 aromatic rings. The van der Waals surface area contributed by atoms with E-state index in [1.165, 1.54) is 17.5 Å². The summed E-state index contributed by atoms with van der Waals surface area (Å²) < 4.78 is 0. The molecule has 0 aliphatic carbocycles. The molecule has 7 nitrogen and oxygen atoms in total. The lowest BCUT2D eigenvalue weighted by Crippen LogP contribution is -2.59. The number of halogens is 1. The third-order valence-electron chi connectivity index (χ3n) is 6.44. The van der Waals surface area contributed by atoms with Gasteiger partial charge in [-0.1, -0.05) is 62.8 Å². The lowest BCUT2D eigenvalue weighted by atomic mass is 9.66. The molecule has 0 saturated carbocycles. The Hall–Kier alpha value is -2.16. The fraction of sp³-hybridized carbons (Fsp3) is 0.560. The predicted molar refractivity (Wildman–Crippen MR) is 137 cm³/mol. The highest BCUT2D eigenvalue weighted by atomic mass is 35.5. The number of hydrogen-bond acceptors (Lipinski definition) is 6. The van der Waals surface area contributed by atoms with E-state index in [0.29, 0.717) is 34.5 Å². The third kappa shape index (κ3) is 5.56. The maximum Gasteiger partial charge on any atom is 0.263 e. The highest BCUT2D eigenvalue weighted by molar-refractivity contribution is 7.17. The summed E-state index contributed by atoms with van der Waals surface area (Å²) in [5.41, 5.74) is -0.828. The van der Waals surface area contributed by atoms with E-state index in [9.17, 15) is 14.7 Å². The lowest BCUT2D eigenvalue weighted by Gasteiger charge is -2.51. The summed E-state index contributed by atoms with van der Waals surface area (Å²) in [7, 11) is 0. The Kier molecular flexibility index (Phi) is 7.95. The molecule has 186 valence electrons. The Bertz CT molecular complexity index is 1020. The highest BCUT2D eigenvalue weighted by Crippen LogP contribution is 2.46. The smallest absolute Gasteiger partial charge is 0.263 e. The molecule has 2 heterocycles. The van der Waals surface area contributed by atoms with Gasteiger partial charge in [-0.15, -0.1) is 0 Å². The number of carbonyl (C=O) groups excluding carboxylic acids is 2. The van der Waals surface area contributed by atoms with E-state index in [1.807, 2.05) is 58.6 Å². The number of hydrogen-bond donors (Lipinski definition) is 3. The number of rotatable bonds is 7. The van der Waals surface area contributed by atoms with Crippen LogP contribution >= 0.6 is 22.9 Å². The SMILES string of the molecule is CC(C)NC(=O)c1cnc(NC(C(=O)N2CCC(O)(c3ccc(Cl)cc3)C(C)(C)C2)C(C)C)s1. The zero-order valence-corrected chi connectivity index (χ0v) is 22.3. The minimum atomic E-state index is -1.07. The Morgan fingerprint density at radius 3 is 2.38 bits per heavy atom. The minimum absolute atomic E-state index is 0.00419. The molecule has 1 fully saturated rings. The molecule has 1 aliphatic heterocycles. The molecule has 9 heteroatoms. The molecule has 2 amide bonds. The number of likely N-dealkylation sites (tertiary alicyclic amines) is 1. The van der Waals surface area contributed by atoms with Gasteiger partial charge in [0.2, 0.25) is 5.91 Å². The van der Waals surface area contributed by atoms with E-state index in [0.717, 1.165) is 5.56 Å². The van der Waals surface area contributed by atoms with Crippen LogP contribution in [0, 0.1) is 11.3 Å². The first-order valence-corrected chi connectivity index (χ1v) is 12.8. The Morgan fingerprint density at radius 2 is 1.82 bits per heavy atom. The van der Waals surface area contributed by atoms with E-state index in [-0.39, 0.29) is 23.8 Å². The van der Waals surface area contributed by atoms with Crippen LogP contribution in [0.2, 0.25) is 5.02 Å². The van der Waals surface area contributed by atoms with Crippen LogP contribution < -0.4 is 10.6 Å². The summed E-state index contributed by atoms with van der Waals surface area (Å²) in [6, 6.07) is 6.82. The normalized spacial score (nSPS) is 20.9. The number of anilines is 1. The van der Waals surface area contributed by atoms with Gasteiger partial charge in [-0.05, 0) is 43.9 Å². The van der Waals surface area contributed by atoms with Gasteiger partial charge < -0.3 is 20.6 Å². The van der Waals surface area contributed by atoms with Crippen LogP contribution in [0.25, 0.3) is 0 Å². The molecule has 2 atom stereocenters. The fourth-order valence-corrected chi connectivity index (χ4v) is 5.28. The second kappa shape index (κ2) is 10.2. The van der Waals surface area contributed by atoms with Gasteiger partial charge in [0.25, 0.3) is 5.91 Å². The molecular formula is C25H35ClN4O3S. The molecule has 0 spiro atoms. The van der Waals surface area contributed by atoms with Crippen molar-refractivity contribution in [3.63, 3.8) is 0 Å². The van der Waals surface area contributed by atoms with Crippen molar-refractivity contribution in [2.45, 2.75) is 65.6 Å². The van der Waals surface area contributed by atoms with Crippen molar-refractivity contribution in [1.82, 2.24) is 15.2 Å². The van der Waals surface area contributed by atoms with Gasteiger partial charge in [-0.3, -0.25) is 9.59 Å². The number of benzene rings is 1. The summed E-state index contributed by atoms with van der Waals surface area (Å²) in [6.07, 6.45) is 1.96. The number of thiazole rings is 1. The number of piperidine rings is 1. The maximum atomic E-state index is 13.6. The number of amides is 2. The molecule has 2 unspecified atom stereocenters. The molecule has 1 aliphatic rings. The van der Waals surface area contributed by atoms with Gasteiger partial charge in [-0.25, -0.2) is 4.98 Å². The average molecular weight is 507 g/mol. The largest absolute Gasteiger partial charge is 0.384 e. The summed E-state index contributed by atoms with van der Waals surface area (Å²) in [5.74, 6) is -0.207. The first-order valence-electron chi connectivity index (χ1n) is 11.6. The number of nitrogens with zero attached hydrogens (tertiary/aromatic N) is 2. The highest BCUT2D eigenvalue weighted by Gasteiger charge is 2.50. The predicted octanol–water partition coefficient (Wildman–Crippen LogP) is 4.52. The van der Waals surface area contributed by atoms with Crippen molar-refractivity contribution in [3.05, 3.63) is 45.9 Å². The third-order valence-corrected chi connectivity index (χ3v) is 7.62. The number of aromatic nitrogens is 1. The van der Waals surface area contributed by atoms with Gasteiger partial charge in [0.1, 0.15) is 10.9 Å². The van der Waals surface area contributed by atoms with E-state index in [4.69, 9.17) is 11.6 Å². The number of aliphatic hydroxyl groups is 1. The Morgan fingerprint density at radius 1 is 1.18 bits per heavy atom. The quantitative estimate of drug-likeness (QED) is 0.513. The Balaban J connectivity index is 1.74. The summed E-state index contributed by atoms with van der Waals surface area (Å²) in [4.78, 5) is 32.5. The maximum absolute atomic E-state index is 13.6. The van der Waals surface area contributed by atoms with Crippen molar-refractivity contribution in [3.8, 4) is 0 Å². The van der Waals surface area contributed by atoms with Crippen LogP contribution in [0.5, 0.6) is 0 Å². The second-order valence-corrected chi connectivity index (χ2v) is 11.8. The monoisotopic (exact) mass is 506 g/mol. The van der Waals surface area contributed by atoms with Gasteiger partial charge in [0.05, 0.1) is 11.8 Å². The first kappa shape index (κ1) is 26.4. The Labute approximate surface area is 210 Å². The topological polar surface area (TPSA) is 94.6 Å². The van der Waals surface area contributed by atoms with Crippen LogP contribution in [0.4, 0.5) is 5.13 Å². The van der Waals surface area contributed by atoms with E-state index in [1.54, 1.807) is 12.1 Å². The minimum Gasteiger partial charge on any atom is -0.384 e. The number of nitrogens with one attached hydrogen (secondary N) is 2. The molecule has 1 aromatic carbocycles. The zero-order valence-electron chi connectivity index (χ0n) is 20.7. The van der Waals surface area contributed by atoms with Gasteiger partial charge in [0, 0.05) is 29.6 Å². The number of carbonyl (C=O) groups is 2. The van der Waals surface area contributed by atoms with E-state index in [2.05, 4.69) is 15.6 Å². The molecular weight excluding hydrogens is 472 g/mol. The van der Waals surface area contributed by atoms with E-state index >= 15 is 0 Å². The first-order chi connectivity index (χ1) is 15.8. The van der Waals surface area contributed by atoms with Crippen LogP contribution in [0.1, 0.15) is 63.2 Å². The van der Waals surface area contributed by atoms with Gasteiger partial charge in [-0.2, -0.15) is 0 Å². The summed E-state index contributed by atoms with van der Waals surface area (Å²) >= 11 is 7.27. The zero-order chi connectivity index (χ0) is 25.3. The fourth-order valence-electron chi connectivity index (χ4n) is 4.39. The molecule has 0 bridgehead atoms. The van der Waals surface area contributed by atoms with Crippen LogP contribution in [0.15, 0.2) is 30.5 Å². The summed E-state index contributed by atoms with van der Waals surface area (Å²) in [6.45, 7) is 12.6. The average Bonchev–Trinajstić information content (AvgIpc) is 3.22. The standard InChI is InChI=1S/C25H35ClN4O3S/c1-15(2)20(29-23-27-13-19(34-23)21(31)28-16(3)4)22(32)30-12-11-25(33,24(5,6)14-30)17-7-9-18(26)10-8-17/h7-10,13,15-16,20,33H,11-12,14H2,1-6H3,(H,27,29)(H,28,31). The van der Waals surface area contributed by atoms with Crippen LogP contribution in [-0.2, 0) is 10.4 Å². The van der Waals surface area contributed by atoms with Crippen molar-refractivity contribution in [2.75, 3.05) is 18.4 Å². The van der Waals surface area contributed by atoms with Gasteiger partial charge in [0.15, 0.2) is 5.13 Å². The van der Waals surface area contributed by atoms with Crippen LogP contribution in [-0.4, -0.2) is 52.0 Å². The molecule has 3 rings (SSSR count). The molecule has 1 saturated heterocycles. The van der Waals surface area contributed by atoms with Gasteiger partial charge >= 0.3 is 0 Å². The van der Waals surface area contributed by atoms with Crippen molar-refractivity contribution in [1.29, 1.82) is 0 Å². The summed E-state index contributed by atoms with van der Waals surface area (Å²) in [5, 5.41) is 18.9. The van der Waals surface area contributed by atoms with Crippen molar-refractivity contribution < 1.29 is 14.7 Å². The molecule has 34 heavy (non-hydrogen) atoms. The lowest BCUT2D eigenvalue weighted by molar-refractivity contribution is -0.154. The molecule has 1 aromatic heterocycles. The van der Waals surface area contributed by atoms with Crippen LogP contribution in [0.3, 0.4) is 0 Å².